The highest BCUT2D eigenvalue weighted by Crippen LogP contribution is 2.39. The summed E-state index contributed by atoms with van der Waals surface area (Å²) in [6.07, 6.45) is 0.448. The molecule has 182 valence electrons. The van der Waals surface area contributed by atoms with Gasteiger partial charge in [0.2, 0.25) is 5.91 Å². The number of hydrogen-bond acceptors (Lipinski definition) is 3. The molecule has 0 aliphatic carbocycles. The molecule has 0 saturated carbocycles. The number of carbonyl (C=O) groups is 1. The number of rotatable bonds is 3. The molecule has 2 heterocycles. The first-order valence-corrected chi connectivity index (χ1v) is 12.8. The fraction of sp³-hybridized carbons (Fsp3) is 0.233. The number of hydrazone groups is 1. The van der Waals surface area contributed by atoms with Crippen molar-refractivity contribution in [3.05, 3.63) is 104 Å². The van der Waals surface area contributed by atoms with E-state index < -0.39 is 5.41 Å². The molecule has 1 N–H and O–H groups in total. The van der Waals surface area contributed by atoms with Gasteiger partial charge >= 0.3 is 0 Å². The fourth-order valence-corrected chi connectivity index (χ4v) is 4.99. The van der Waals surface area contributed by atoms with Crippen LogP contribution in [0.4, 0.5) is 0 Å². The first-order chi connectivity index (χ1) is 17.1. The Kier molecular flexibility index (Phi) is 6.17. The van der Waals surface area contributed by atoms with Crippen molar-refractivity contribution in [2.45, 2.75) is 40.2 Å². The quantitative estimate of drug-likeness (QED) is 0.303. The SMILES string of the molecule is Cc1ccc2[nH]c(=O)c(C3=NN(C(=O)C(C)(C)C)[C@@H](c4ccc(Br)cc4)C3)c(-c3ccccc3)c2c1. The predicted octanol–water partition coefficient (Wildman–Crippen LogP) is 6.99. The Morgan fingerprint density at radius 2 is 1.69 bits per heavy atom. The molecule has 1 atom stereocenters. The number of nitrogens with one attached hydrogen (secondary N) is 1. The van der Waals surface area contributed by atoms with Gasteiger partial charge in [0.25, 0.3) is 5.56 Å². The smallest absolute Gasteiger partial charge is 0.258 e. The standard InChI is InChI=1S/C30H28BrN3O2/c1-18-10-15-23-22(16-18)26(20-8-6-5-7-9-20)27(28(35)32-23)24-17-25(19-11-13-21(31)14-12-19)34(33-24)29(36)30(2,3)4/h5-16,25H,17H2,1-4H3,(H,32,35)/t25-/m1/s1. The molecule has 1 aromatic heterocycles. The Balaban J connectivity index is 1.75. The zero-order valence-electron chi connectivity index (χ0n) is 20.8. The van der Waals surface area contributed by atoms with E-state index in [0.717, 1.165) is 37.6 Å². The van der Waals surface area contributed by atoms with E-state index in [2.05, 4.69) is 27.0 Å². The zero-order valence-corrected chi connectivity index (χ0v) is 22.4. The molecule has 6 heteroatoms. The van der Waals surface area contributed by atoms with Crippen LogP contribution in [0.25, 0.3) is 22.0 Å². The Morgan fingerprint density at radius 1 is 1.00 bits per heavy atom. The zero-order chi connectivity index (χ0) is 25.6. The lowest BCUT2D eigenvalue weighted by atomic mass is 9.90. The first-order valence-electron chi connectivity index (χ1n) is 12.0. The van der Waals surface area contributed by atoms with Crippen LogP contribution < -0.4 is 5.56 Å². The van der Waals surface area contributed by atoms with Crippen molar-refractivity contribution < 1.29 is 4.79 Å². The maximum absolute atomic E-state index is 13.6. The van der Waals surface area contributed by atoms with E-state index in [0.29, 0.717) is 17.7 Å². The maximum atomic E-state index is 13.6. The number of nitrogens with zero attached hydrogens (tertiary/aromatic N) is 2. The Hall–Kier alpha value is -3.51. The van der Waals surface area contributed by atoms with E-state index in [-0.39, 0.29) is 17.5 Å². The number of carbonyl (C=O) groups excluding carboxylic acids is 1. The molecule has 5 rings (SSSR count). The van der Waals surface area contributed by atoms with E-state index in [1.807, 2.05) is 94.4 Å². The van der Waals surface area contributed by atoms with Crippen molar-refractivity contribution in [1.29, 1.82) is 0 Å². The highest BCUT2D eigenvalue weighted by atomic mass is 79.9. The summed E-state index contributed by atoms with van der Waals surface area (Å²) in [4.78, 5) is 30.2. The second-order valence-corrected chi connectivity index (χ2v) is 11.3. The summed E-state index contributed by atoms with van der Waals surface area (Å²) in [5, 5.41) is 7.38. The van der Waals surface area contributed by atoms with Crippen molar-refractivity contribution in [2.75, 3.05) is 0 Å². The lowest BCUT2D eigenvalue weighted by molar-refractivity contribution is -0.141. The van der Waals surface area contributed by atoms with Crippen LogP contribution in [0.5, 0.6) is 0 Å². The molecule has 0 saturated heterocycles. The van der Waals surface area contributed by atoms with Crippen LogP contribution in [0, 0.1) is 12.3 Å². The fourth-order valence-electron chi connectivity index (χ4n) is 4.72. The highest BCUT2D eigenvalue weighted by molar-refractivity contribution is 9.10. The number of hydrogen-bond donors (Lipinski definition) is 1. The van der Waals surface area contributed by atoms with Crippen molar-refractivity contribution >= 4 is 38.5 Å². The van der Waals surface area contributed by atoms with Crippen LogP contribution in [-0.4, -0.2) is 21.6 Å². The monoisotopic (exact) mass is 541 g/mol. The molecule has 1 aliphatic rings. The van der Waals surface area contributed by atoms with Crippen LogP contribution in [0.3, 0.4) is 0 Å². The molecular formula is C30H28BrN3O2. The average Bonchev–Trinajstić information content (AvgIpc) is 3.28. The molecule has 0 unspecified atom stereocenters. The van der Waals surface area contributed by atoms with E-state index in [9.17, 15) is 9.59 Å². The Labute approximate surface area is 219 Å². The first kappa shape index (κ1) is 24.2. The molecule has 0 bridgehead atoms. The van der Waals surface area contributed by atoms with Crippen LogP contribution in [0.1, 0.15) is 49.9 Å². The van der Waals surface area contributed by atoms with Gasteiger partial charge in [0.05, 0.1) is 17.3 Å². The van der Waals surface area contributed by atoms with Crippen LogP contribution in [0.2, 0.25) is 0 Å². The summed E-state index contributed by atoms with van der Waals surface area (Å²) < 4.78 is 0.965. The van der Waals surface area contributed by atoms with Crippen molar-refractivity contribution in [2.24, 2.45) is 10.5 Å². The van der Waals surface area contributed by atoms with E-state index in [1.165, 1.54) is 0 Å². The Bertz CT molecular complexity index is 1550. The summed E-state index contributed by atoms with van der Waals surface area (Å²) in [6.45, 7) is 7.72. The molecule has 0 spiro atoms. The topological polar surface area (TPSA) is 65.5 Å². The van der Waals surface area contributed by atoms with Gasteiger partial charge in [-0.1, -0.05) is 90.8 Å². The number of benzene rings is 3. The van der Waals surface area contributed by atoms with Crippen LogP contribution in [0.15, 0.2) is 87.2 Å². The lowest BCUT2D eigenvalue weighted by Gasteiger charge is -2.28. The maximum Gasteiger partial charge on any atom is 0.258 e. The van der Waals surface area contributed by atoms with Gasteiger partial charge < -0.3 is 4.98 Å². The van der Waals surface area contributed by atoms with Crippen molar-refractivity contribution in [1.82, 2.24) is 9.99 Å². The summed E-state index contributed by atoms with van der Waals surface area (Å²) in [7, 11) is 0. The minimum absolute atomic E-state index is 0.0836. The number of pyridine rings is 1. The molecule has 1 amide bonds. The third-order valence-corrected chi connectivity index (χ3v) is 7.06. The summed E-state index contributed by atoms with van der Waals surface area (Å²) in [6, 6.07) is 23.6. The largest absolute Gasteiger partial charge is 0.321 e. The van der Waals surface area contributed by atoms with Gasteiger partial charge in [-0.25, -0.2) is 5.01 Å². The number of fused-ring (bicyclic) bond motifs is 1. The molecule has 0 radical (unpaired) electrons. The van der Waals surface area contributed by atoms with Gasteiger partial charge in [-0.05, 0) is 42.3 Å². The van der Waals surface area contributed by atoms with Crippen LogP contribution in [-0.2, 0) is 4.79 Å². The predicted molar refractivity (Wildman–Crippen MR) is 149 cm³/mol. The number of aromatic amines is 1. The van der Waals surface area contributed by atoms with E-state index in [4.69, 9.17) is 5.10 Å². The third kappa shape index (κ3) is 4.42. The van der Waals surface area contributed by atoms with Gasteiger partial charge in [-0.15, -0.1) is 0 Å². The summed E-state index contributed by atoms with van der Waals surface area (Å²) in [5.41, 5.74) is 4.94. The summed E-state index contributed by atoms with van der Waals surface area (Å²) >= 11 is 3.50. The number of aromatic nitrogens is 1. The lowest BCUT2D eigenvalue weighted by Crippen LogP contribution is -2.36. The molecule has 3 aromatic carbocycles. The van der Waals surface area contributed by atoms with Gasteiger partial charge in [0.15, 0.2) is 0 Å². The average molecular weight is 542 g/mol. The second-order valence-electron chi connectivity index (χ2n) is 10.3. The third-order valence-electron chi connectivity index (χ3n) is 6.54. The minimum atomic E-state index is -0.623. The molecule has 1 aliphatic heterocycles. The van der Waals surface area contributed by atoms with Gasteiger partial charge in [-0.3, -0.25) is 9.59 Å². The Morgan fingerprint density at radius 3 is 2.36 bits per heavy atom. The van der Waals surface area contributed by atoms with E-state index >= 15 is 0 Å². The van der Waals surface area contributed by atoms with Gasteiger partial charge in [0, 0.05) is 32.8 Å². The normalized spacial score (nSPS) is 15.9. The molecular weight excluding hydrogens is 514 g/mol. The number of amides is 1. The number of H-pyrrole nitrogens is 1. The van der Waals surface area contributed by atoms with Crippen LogP contribution >= 0.6 is 15.9 Å². The highest BCUT2D eigenvalue weighted by Gasteiger charge is 2.39. The number of aryl methyl sites for hydroxylation is 1. The van der Waals surface area contributed by atoms with E-state index in [1.54, 1.807) is 5.01 Å². The molecule has 4 aromatic rings. The van der Waals surface area contributed by atoms with Gasteiger partial charge in [-0.2, -0.15) is 5.10 Å². The number of halogens is 1. The van der Waals surface area contributed by atoms with Crippen molar-refractivity contribution in [3.8, 4) is 11.1 Å². The minimum Gasteiger partial charge on any atom is -0.321 e. The second kappa shape index (κ2) is 9.17. The summed E-state index contributed by atoms with van der Waals surface area (Å²) in [5.74, 6) is -0.0836. The molecule has 0 fully saturated rings. The van der Waals surface area contributed by atoms with Crippen molar-refractivity contribution in [3.63, 3.8) is 0 Å². The molecule has 36 heavy (non-hydrogen) atoms. The molecule has 5 nitrogen and oxygen atoms in total. The van der Waals surface area contributed by atoms with Gasteiger partial charge in [0.1, 0.15) is 0 Å².